The third kappa shape index (κ3) is 5.63. The highest BCUT2D eigenvalue weighted by Gasteiger charge is 2.23. The molecule has 11 rings (SSSR count). The van der Waals surface area contributed by atoms with E-state index in [1.165, 1.54) is 75.4 Å². The molecule has 0 radical (unpaired) electrons. The second-order valence-electron chi connectivity index (χ2n) is 14.5. The average Bonchev–Trinajstić information content (AvgIpc) is 3.84. The van der Waals surface area contributed by atoms with Crippen molar-refractivity contribution in [2.75, 3.05) is 4.90 Å². The van der Waals surface area contributed by atoms with E-state index in [4.69, 9.17) is 0 Å². The fourth-order valence-electron chi connectivity index (χ4n) is 8.64. The van der Waals surface area contributed by atoms with Gasteiger partial charge in [-0.25, -0.2) is 0 Å². The lowest BCUT2D eigenvalue weighted by Crippen LogP contribution is -2.12. The molecule has 0 bridgehead atoms. The van der Waals surface area contributed by atoms with Gasteiger partial charge in [-0.3, -0.25) is 0 Å². The van der Waals surface area contributed by atoms with E-state index in [1.54, 1.807) is 0 Å². The Hall–Kier alpha value is -7.20. The zero-order valence-electron chi connectivity index (χ0n) is 31.1. The zero-order chi connectivity index (χ0) is 37.7. The highest BCUT2D eigenvalue weighted by Crippen LogP contribution is 2.49. The van der Waals surface area contributed by atoms with Gasteiger partial charge in [0.2, 0.25) is 0 Å². The second-order valence-corrected chi connectivity index (χ2v) is 15.6. The summed E-state index contributed by atoms with van der Waals surface area (Å²) in [6.45, 7) is 0. The van der Waals surface area contributed by atoms with Gasteiger partial charge in [0, 0.05) is 47.9 Å². The fraction of sp³-hybridized carbons (Fsp3) is 0. The maximum atomic E-state index is 2.49. The number of aromatic nitrogens is 1. The minimum atomic E-state index is 1.10. The maximum absolute atomic E-state index is 2.49. The van der Waals surface area contributed by atoms with E-state index in [2.05, 4.69) is 228 Å². The second kappa shape index (κ2) is 13.8. The van der Waals surface area contributed by atoms with Gasteiger partial charge in [0.15, 0.2) is 0 Å². The standard InChI is InChI=1S/C54H36N2S/c1-4-16-37(17-5-1)40-32-35-43(38-18-6-2-7-19-38)50(36-40)56(49-27-15-29-52-54(49)46-23-11-13-28-51(46)57-52)42-33-30-39(31-34-42)44-24-14-26-48-53(44)45-22-10-12-25-47(45)55(48)41-20-8-3-9-21-41/h1-36H. The number of fused-ring (bicyclic) bond motifs is 6. The van der Waals surface area contributed by atoms with Crippen molar-refractivity contribution in [2.24, 2.45) is 0 Å². The van der Waals surface area contributed by atoms with Crippen molar-refractivity contribution in [3.63, 3.8) is 0 Å². The summed E-state index contributed by atoms with van der Waals surface area (Å²) in [6, 6.07) is 79.4. The smallest absolute Gasteiger partial charge is 0.0555 e. The summed E-state index contributed by atoms with van der Waals surface area (Å²) in [4.78, 5) is 2.49. The molecule has 0 unspecified atom stereocenters. The zero-order valence-corrected chi connectivity index (χ0v) is 31.9. The molecule has 3 heteroatoms. The number of thiophene rings is 1. The Bertz CT molecular complexity index is 3220. The Balaban J connectivity index is 1.15. The van der Waals surface area contributed by atoms with Gasteiger partial charge >= 0.3 is 0 Å². The quantitative estimate of drug-likeness (QED) is 0.158. The van der Waals surface area contributed by atoms with Crippen LogP contribution in [0.2, 0.25) is 0 Å². The number of nitrogens with zero attached hydrogens (tertiary/aromatic N) is 2. The van der Waals surface area contributed by atoms with Crippen LogP contribution in [-0.2, 0) is 0 Å². The summed E-state index contributed by atoms with van der Waals surface area (Å²) in [7, 11) is 0. The van der Waals surface area contributed by atoms with Crippen LogP contribution in [-0.4, -0.2) is 4.57 Å². The molecule has 0 aliphatic carbocycles. The van der Waals surface area contributed by atoms with E-state index >= 15 is 0 Å². The Kier molecular flexibility index (Phi) is 8.04. The van der Waals surface area contributed by atoms with Gasteiger partial charge in [-0.2, -0.15) is 0 Å². The highest BCUT2D eigenvalue weighted by molar-refractivity contribution is 7.26. The van der Waals surface area contributed by atoms with Gasteiger partial charge in [0.25, 0.3) is 0 Å². The molecule has 0 aliphatic heterocycles. The summed E-state index contributed by atoms with van der Waals surface area (Å²) < 4.78 is 4.96. The lowest BCUT2D eigenvalue weighted by atomic mass is 9.96. The number of para-hydroxylation sites is 2. The molecule has 0 aliphatic rings. The molecule has 268 valence electrons. The van der Waals surface area contributed by atoms with E-state index in [-0.39, 0.29) is 0 Å². The number of hydrogen-bond donors (Lipinski definition) is 0. The van der Waals surface area contributed by atoms with Crippen LogP contribution in [0, 0.1) is 0 Å². The van der Waals surface area contributed by atoms with Crippen molar-refractivity contribution < 1.29 is 0 Å². The maximum Gasteiger partial charge on any atom is 0.0555 e. The molecule has 2 heterocycles. The van der Waals surface area contributed by atoms with E-state index in [0.717, 1.165) is 22.7 Å². The predicted octanol–water partition coefficient (Wildman–Crippen LogP) is 15.6. The lowest BCUT2D eigenvalue weighted by Gasteiger charge is -2.29. The van der Waals surface area contributed by atoms with Crippen LogP contribution < -0.4 is 4.90 Å². The molecule has 0 atom stereocenters. The first-order valence-electron chi connectivity index (χ1n) is 19.4. The third-order valence-corrected chi connectivity index (χ3v) is 12.3. The van der Waals surface area contributed by atoms with E-state index in [0.29, 0.717) is 0 Å². The van der Waals surface area contributed by atoms with Gasteiger partial charge < -0.3 is 9.47 Å². The van der Waals surface area contributed by atoms with E-state index in [1.807, 2.05) is 11.3 Å². The number of rotatable bonds is 7. The minimum absolute atomic E-state index is 1.10. The normalized spacial score (nSPS) is 11.5. The Morgan fingerprint density at radius 3 is 1.74 bits per heavy atom. The minimum Gasteiger partial charge on any atom is -0.309 e. The summed E-state index contributed by atoms with van der Waals surface area (Å²) >= 11 is 1.86. The van der Waals surface area contributed by atoms with Gasteiger partial charge in [-0.15, -0.1) is 11.3 Å². The van der Waals surface area contributed by atoms with Crippen molar-refractivity contribution in [3.05, 3.63) is 218 Å². The molecule has 0 saturated carbocycles. The molecular formula is C54H36N2S. The van der Waals surface area contributed by atoms with Gasteiger partial charge in [0.05, 0.1) is 22.4 Å². The molecule has 57 heavy (non-hydrogen) atoms. The van der Waals surface area contributed by atoms with Crippen molar-refractivity contribution >= 4 is 70.4 Å². The number of anilines is 3. The molecule has 0 spiro atoms. The molecule has 0 saturated heterocycles. The summed E-state index contributed by atoms with van der Waals surface area (Å²) in [5.74, 6) is 0. The molecule has 0 fully saturated rings. The summed E-state index contributed by atoms with van der Waals surface area (Å²) in [5, 5.41) is 5.05. The van der Waals surface area contributed by atoms with Gasteiger partial charge in [-0.05, 0) is 88.5 Å². The van der Waals surface area contributed by atoms with Gasteiger partial charge in [0.1, 0.15) is 0 Å². The molecule has 9 aromatic carbocycles. The summed E-state index contributed by atoms with van der Waals surface area (Å²) in [5.41, 5.74) is 14.1. The number of hydrogen-bond acceptors (Lipinski definition) is 2. The largest absolute Gasteiger partial charge is 0.309 e. The molecule has 11 aromatic rings. The van der Waals surface area contributed by atoms with Crippen LogP contribution in [0.3, 0.4) is 0 Å². The van der Waals surface area contributed by atoms with Crippen LogP contribution in [0.4, 0.5) is 17.1 Å². The van der Waals surface area contributed by atoms with Crippen LogP contribution in [0.5, 0.6) is 0 Å². The van der Waals surface area contributed by atoms with Crippen LogP contribution in [0.25, 0.3) is 81.0 Å². The predicted molar refractivity (Wildman–Crippen MR) is 245 cm³/mol. The first-order chi connectivity index (χ1) is 28.3. The van der Waals surface area contributed by atoms with E-state index < -0.39 is 0 Å². The fourth-order valence-corrected chi connectivity index (χ4v) is 9.77. The molecule has 0 amide bonds. The SMILES string of the molecule is c1ccc(-c2ccc(-c3ccccc3)c(N(c3ccc(-c4cccc5c4c4ccccc4n5-c4ccccc4)cc3)c3cccc4sc5ccccc5c34)c2)cc1. The molecule has 0 N–H and O–H groups in total. The van der Waals surface area contributed by atoms with Crippen molar-refractivity contribution in [1.82, 2.24) is 4.57 Å². The van der Waals surface area contributed by atoms with Crippen molar-refractivity contribution in [1.29, 1.82) is 0 Å². The number of benzene rings is 9. The Labute approximate surface area is 335 Å². The highest BCUT2D eigenvalue weighted by atomic mass is 32.1. The Morgan fingerprint density at radius 2 is 0.947 bits per heavy atom. The van der Waals surface area contributed by atoms with Crippen molar-refractivity contribution in [2.45, 2.75) is 0 Å². The van der Waals surface area contributed by atoms with Crippen LogP contribution in [0.1, 0.15) is 0 Å². The first-order valence-corrected chi connectivity index (χ1v) is 20.3. The van der Waals surface area contributed by atoms with Crippen molar-refractivity contribution in [3.8, 4) is 39.1 Å². The first kappa shape index (κ1) is 33.2. The Morgan fingerprint density at radius 1 is 0.351 bits per heavy atom. The monoisotopic (exact) mass is 744 g/mol. The topological polar surface area (TPSA) is 8.17 Å². The van der Waals surface area contributed by atoms with Crippen LogP contribution >= 0.6 is 11.3 Å². The molecule has 2 nitrogen and oxygen atoms in total. The molecular weight excluding hydrogens is 709 g/mol. The van der Waals surface area contributed by atoms with Gasteiger partial charge in [-0.1, -0.05) is 158 Å². The third-order valence-electron chi connectivity index (χ3n) is 11.2. The van der Waals surface area contributed by atoms with Crippen LogP contribution in [0.15, 0.2) is 218 Å². The lowest BCUT2D eigenvalue weighted by molar-refractivity contribution is 1.18. The average molecular weight is 745 g/mol. The molecule has 2 aromatic heterocycles. The van der Waals surface area contributed by atoms with E-state index in [9.17, 15) is 0 Å². The summed E-state index contributed by atoms with van der Waals surface area (Å²) in [6.07, 6.45) is 0.